The molecule has 2 aromatic carbocycles. The van der Waals surface area contributed by atoms with Crippen molar-refractivity contribution in [1.29, 1.82) is 0 Å². The molecule has 0 aliphatic carbocycles. The summed E-state index contributed by atoms with van der Waals surface area (Å²) in [7, 11) is -2.88. The molecular weight excluding hydrogens is 403 g/mol. The molecular formula is C18H17ClF3NO3S. The molecule has 0 amide bonds. The Hall–Kier alpha value is -1.77. The first kappa shape index (κ1) is 20.0. The highest BCUT2D eigenvalue weighted by atomic mass is 35.5. The van der Waals surface area contributed by atoms with Gasteiger partial charge in [-0.1, -0.05) is 23.7 Å². The SMILES string of the molecule is COc1cccc([C@@H]2CCCN2S(=O)(=O)c2ccc(Cl)cc2C(F)(F)F)c1. The van der Waals surface area contributed by atoms with Crippen molar-refractivity contribution >= 4 is 21.6 Å². The molecule has 0 N–H and O–H groups in total. The highest BCUT2D eigenvalue weighted by molar-refractivity contribution is 7.89. The molecule has 0 unspecified atom stereocenters. The third kappa shape index (κ3) is 3.93. The summed E-state index contributed by atoms with van der Waals surface area (Å²) in [5, 5.41) is -0.174. The fourth-order valence-electron chi connectivity index (χ4n) is 3.28. The van der Waals surface area contributed by atoms with Crippen molar-refractivity contribution in [3.05, 3.63) is 58.6 Å². The van der Waals surface area contributed by atoms with Crippen molar-refractivity contribution in [3.63, 3.8) is 0 Å². The quantitative estimate of drug-likeness (QED) is 0.708. The van der Waals surface area contributed by atoms with E-state index >= 15 is 0 Å². The normalized spacial score (nSPS) is 18.6. The number of nitrogens with zero attached hydrogens (tertiary/aromatic N) is 1. The summed E-state index contributed by atoms with van der Waals surface area (Å²) >= 11 is 5.67. The van der Waals surface area contributed by atoms with Crippen molar-refractivity contribution in [2.24, 2.45) is 0 Å². The molecule has 0 radical (unpaired) electrons. The van der Waals surface area contributed by atoms with Gasteiger partial charge in [0, 0.05) is 11.6 Å². The van der Waals surface area contributed by atoms with Gasteiger partial charge in [0.05, 0.1) is 23.6 Å². The zero-order chi connectivity index (χ0) is 19.8. The van der Waals surface area contributed by atoms with Gasteiger partial charge in [0.15, 0.2) is 0 Å². The lowest BCUT2D eigenvalue weighted by atomic mass is 10.1. The van der Waals surface area contributed by atoms with Crippen LogP contribution >= 0.6 is 11.6 Å². The number of rotatable bonds is 4. The summed E-state index contributed by atoms with van der Waals surface area (Å²) in [4.78, 5) is -0.783. The van der Waals surface area contributed by atoms with Crippen LogP contribution in [-0.2, 0) is 16.2 Å². The molecule has 1 aliphatic rings. The van der Waals surface area contributed by atoms with E-state index in [4.69, 9.17) is 16.3 Å². The summed E-state index contributed by atoms with van der Waals surface area (Å²) in [6, 6.07) is 9.05. The lowest BCUT2D eigenvalue weighted by Gasteiger charge is -2.26. The van der Waals surface area contributed by atoms with Gasteiger partial charge in [0.25, 0.3) is 0 Å². The Morgan fingerprint density at radius 1 is 1.19 bits per heavy atom. The van der Waals surface area contributed by atoms with Gasteiger partial charge in [-0.15, -0.1) is 0 Å². The summed E-state index contributed by atoms with van der Waals surface area (Å²) in [5.41, 5.74) is -0.579. The minimum Gasteiger partial charge on any atom is -0.497 e. The number of ether oxygens (including phenoxy) is 1. The minimum absolute atomic E-state index is 0.143. The molecule has 9 heteroatoms. The van der Waals surface area contributed by atoms with Crippen LogP contribution in [0.3, 0.4) is 0 Å². The van der Waals surface area contributed by atoms with E-state index in [-0.39, 0.29) is 11.6 Å². The molecule has 1 fully saturated rings. The van der Waals surface area contributed by atoms with Crippen molar-refractivity contribution < 1.29 is 26.3 Å². The largest absolute Gasteiger partial charge is 0.497 e. The van der Waals surface area contributed by atoms with Crippen LogP contribution in [0.2, 0.25) is 5.02 Å². The maximum atomic E-state index is 13.4. The third-order valence-electron chi connectivity index (χ3n) is 4.52. The molecule has 27 heavy (non-hydrogen) atoms. The highest BCUT2D eigenvalue weighted by Gasteiger charge is 2.42. The molecule has 0 aromatic heterocycles. The van der Waals surface area contributed by atoms with E-state index in [1.54, 1.807) is 24.3 Å². The average Bonchev–Trinajstić information content (AvgIpc) is 3.11. The van der Waals surface area contributed by atoms with Gasteiger partial charge in [-0.3, -0.25) is 0 Å². The predicted molar refractivity (Wildman–Crippen MR) is 95.3 cm³/mol. The predicted octanol–water partition coefficient (Wildman–Crippen LogP) is 4.89. The Morgan fingerprint density at radius 3 is 2.59 bits per heavy atom. The van der Waals surface area contributed by atoms with Gasteiger partial charge in [-0.2, -0.15) is 17.5 Å². The Balaban J connectivity index is 2.07. The molecule has 2 aromatic rings. The number of benzene rings is 2. The molecule has 146 valence electrons. The summed E-state index contributed by atoms with van der Waals surface area (Å²) in [6.07, 6.45) is -3.77. The van der Waals surface area contributed by atoms with Crippen LogP contribution < -0.4 is 4.74 Å². The van der Waals surface area contributed by atoms with Crippen molar-refractivity contribution in [3.8, 4) is 5.75 Å². The number of alkyl halides is 3. The van der Waals surface area contributed by atoms with E-state index in [1.165, 1.54) is 7.11 Å². The maximum Gasteiger partial charge on any atom is 0.417 e. The Bertz CT molecular complexity index is 947. The van der Waals surface area contributed by atoms with E-state index in [1.807, 2.05) is 0 Å². The van der Waals surface area contributed by atoms with Crippen molar-refractivity contribution in [2.75, 3.05) is 13.7 Å². The molecule has 1 aliphatic heterocycles. The number of sulfonamides is 1. The lowest BCUT2D eigenvalue weighted by molar-refractivity contribution is -0.139. The first-order valence-electron chi connectivity index (χ1n) is 8.17. The Morgan fingerprint density at radius 2 is 1.93 bits per heavy atom. The number of methoxy groups -OCH3 is 1. The molecule has 0 spiro atoms. The van der Waals surface area contributed by atoms with Crippen LogP contribution in [-0.4, -0.2) is 26.4 Å². The van der Waals surface area contributed by atoms with E-state index in [0.717, 1.165) is 16.4 Å². The number of halogens is 4. The van der Waals surface area contributed by atoms with Crippen molar-refractivity contribution in [2.45, 2.75) is 30.0 Å². The van der Waals surface area contributed by atoms with Crippen LogP contribution in [0.5, 0.6) is 5.75 Å². The molecule has 0 bridgehead atoms. The van der Waals surface area contributed by atoms with Gasteiger partial charge >= 0.3 is 6.18 Å². The zero-order valence-corrected chi connectivity index (χ0v) is 15.9. The number of hydrogen-bond acceptors (Lipinski definition) is 3. The van der Waals surface area contributed by atoms with E-state index in [0.29, 0.717) is 30.2 Å². The molecule has 4 nitrogen and oxygen atoms in total. The van der Waals surface area contributed by atoms with E-state index in [2.05, 4.69) is 0 Å². The summed E-state index contributed by atoms with van der Waals surface area (Å²) in [5.74, 6) is 0.555. The third-order valence-corrected chi connectivity index (χ3v) is 6.72. The Kier molecular flexibility index (Phi) is 5.42. The summed E-state index contributed by atoms with van der Waals surface area (Å²) in [6.45, 7) is 0.143. The van der Waals surface area contributed by atoms with Gasteiger partial charge in [0.1, 0.15) is 5.75 Å². The first-order valence-corrected chi connectivity index (χ1v) is 9.99. The second-order valence-electron chi connectivity index (χ2n) is 6.19. The topological polar surface area (TPSA) is 46.6 Å². The first-order chi connectivity index (χ1) is 12.6. The zero-order valence-electron chi connectivity index (χ0n) is 14.3. The fraction of sp³-hybridized carbons (Fsp3) is 0.333. The molecule has 3 rings (SSSR count). The average molecular weight is 420 g/mol. The van der Waals surface area contributed by atoms with Gasteiger partial charge in [-0.05, 0) is 48.7 Å². The van der Waals surface area contributed by atoms with Gasteiger partial charge < -0.3 is 4.74 Å². The van der Waals surface area contributed by atoms with E-state index < -0.39 is 32.7 Å². The number of hydrogen-bond donors (Lipinski definition) is 0. The smallest absolute Gasteiger partial charge is 0.417 e. The van der Waals surface area contributed by atoms with Crippen LogP contribution in [0, 0.1) is 0 Å². The highest BCUT2D eigenvalue weighted by Crippen LogP contribution is 2.41. The van der Waals surface area contributed by atoms with Gasteiger partial charge in [-0.25, -0.2) is 8.42 Å². The lowest BCUT2D eigenvalue weighted by Crippen LogP contribution is -2.32. The molecule has 1 heterocycles. The minimum atomic E-state index is -4.83. The second kappa shape index (κ2) is 7.33. The van der Waals surface area contributed by atoms with E-state index in [9.17, 15) is 21.6 Å². The monoisotopic (exact) mass is 419 g/mol. The van der Waals surface area contributed by atoms with Gasteiger partial charge in [0.2, 0.25) is 10.0 Å². The fourth-order valence-corrected chi connectivity index (χ4v) is 5.33. The molecule has 1 atom stereocenters. The van der Waals surface area contributed by atoms with Crippen molar-refractivity contribution in [1.82, 2.24) is 4.31 Å². The summed E-state index contributed by atoms with van der Waals surface area (Å²) < 4.78 is 72.7. The maximum absolute atomic E-state index is 13.4. The van der Waals surface area contributed by atoms with Crippen LogP contribution in [0.4, 0.5) is 13.2 Å². The van der Waals surface area contributed by atoms with Crippen LogP contribution in [0.25, 0.3) is 0 Å². The Labute approximate surface area is 160 Å². The van der Waals surface area contributed by atoms with Crippen LogP contribution in [0.15, 0.2) is 47.4 Å². The van der Waals surface area contributed by atoms with Crippen LogP contribution in [0.1, 0.15) is 30.0 Å². The second-order valence-corrected chi connectivity index (χ2v) is 8.48. The molecule has 1 saturated heterocycles. The molecule has 0 saturated carbocycles. The standard InChI is InChI=1S/C18H17ClF3NO3S/c1-26-14-5-2-4-12(10-14)16-6-3-9-23(16)27(24,25)17-8-7-13(19)11-15(17)18(20,21)22/h2,4-5,7-8,10-11,16H,3,6,9H2,1H3/t16-/m0/s1.